The summed E-state index contributed by atoms with van der Waals surface area (Å²) >= 11 is 3.50. The lowest BCUT2D eigenvalue weighted by Gasteiger charge is -2.24. The molecule has 1 heterocycles. The number of benzene rings is 1. The number of aromatic nitrogens is 1. The minimum atomic E-state index is -0.690. The van der Waals surface area contributed by atoms with E-state index in [2.05, 4.69) is 44.7 Å². The van der Waals surface area contributed by atoms with E-state index in [0.29, 0.717) is 5.88 Å². The van der Waals surface area contributed by atoms with Crippen LogP contribution in [0.25, 0.3) is 10.9 Å². The van der Waals surface area contributed by atoms with Gasteiger partial charge in [-0.2, -0.15) is 0 Å². The molecule has 1 atom stereocenters. The predicted molar refractivity (Wildman–Crippen MR) is 113 cm³/mol. The highest BCUT2D eigenvalue weighted by atomic mass is 127. The smallest absolute Gasteiger partial charge is 0.272 e. The summed E-state index contributed by atoms with van der Waals surface area (Å²) in [7, 11) is 0. The Bertz CT molecular complexity index is 827. The van der Waals surface area contributed by atoms with Gasteiger partial charge in [0.15, 0.2) is 0 Å². The molecule has 1 aromatic carbocycles. The maximum atomic E-state index is 12.6. The van der Waals surface area contributed by atoms with Gasteiger partial charge in [-0.25, -0.2) is 4.98 Å². The number of carbonyl (C=O) groups excluding carboxylic acids is 1. The van der Waals surface area contributed by atoms with Gasteiger partial charge in [-0.15, -0.1) is 17.7 Å². The number of para-hydroxylation sites is 1. The van der Waals surface area contributed by atoms with Crippen LogP contribution >= 0.6 is 34.4 Å². The fourth-order valence-electron chi connectivity index (χ4n) is 2.17. The Morgan fingerprint density at radius 3 is 2.84 bits per heavy atom. The Balaban J connectivity index is 2.19. The summed E-state index contributed by atoms with van der Waals surface area (Å²) in [5.74, 6) is 6.31. The van der Waals surface area contributed by atoms with Crippen molar-refractivity contribution in [2.75, 3.05) is 6.26 Å². The van der Waals surface area contributed by atoms with Crippen molar-refractivity contribution in [2.45, 2.75) is 38.2 Å². The molecular formula is C19H21IN2O2S. The van der Waals surface area contributed by atoms with Gasteiger partial charge in [-0.05, 0) is 54.8 Å². The molecule has 0 radical (unpaired) electrons. The van der Waals surface area contributed by atoms with Crippen LogP contribution in [0.3, 0.4) is 0 Å². The van der Waals surface area contributed by atoms with Gasteiger partial charge in [0.25, 0.3) is 5.91 Å². The van der Waals surface area contributed by atoms with Crippen LogP contribution in [0.4, 0.5) is 0 Å². The molecule has 0 aliphatic rings. The molecule has 2 rings (SSSR count). The van der Waals surface area contributed by atoms with Crippen LogP contribution in [-0.2, 0) is 4.79 Å². The third-order valence-electron chi connectivity index (χ3n) is 3.31. The number of halogens is 1. The number of ether oxygens (including phenoxy) is 1. The second kappa shape index (κ2) is 8.77. The van der Waals surface area contributed by atoms with Crippen molar-refractivity contribution in [1.82, 2.24) is 10.3 Å². The molecule has 0 saturated carbocycles. The quantitative estimate of drug-likeness (QED) is 0.406. The summed E-state index contributed by atoms with van der Waals surface area (Å²) in [6.07, 6.45) is 2.59. The van der Waals surface area contributed by atoms with Crippen molar-refractivity contribution in [2.24, 2.45) is 0 Å². The fraction of sp³-hybridized carbons (Fsp3) is 0.368. The Kier molecular flexibility index (Phi) is 6.96. The molecule has 4 nitrogen and oxygen atoms in total. The maximum absolute atomic E-state index is 12.6. The topological polar surface area (TPSA) is 51.2 Å². The van der Waals surface area contributed by atoms with Crippen molar-refractivity contribution < 1.29 is 9.53 Å². The van der Waals surface area contributed by atoms with Gasteiger partial charge in [-0.1, -0.05) is 31.0 Å². The van der Waals surface area contributed by atoms with Gasteiger partial charge in [-0.3, -0.25) is 4.79 Å². The predicted octanol–water partition coefficient (Wildman–Crippen LogP) is 4.22. The molecule has 1 amide bonds. The summed E-state index contributed by atoms with van der Waals surface area (Å²) in [6.45, 7) is 5.73. The largest absolute Gasteiger partial charge is 0.452 e. The number of amides is 1. The molecule has 0 spiro atoms. The molecule has 0 bridgehead atoms. The first-order chi connectivity index (χ1) is 11.9. The maximum Gasteiger partial charge on any atom is 0.272 e. The van der Waals surface area contributed by atoms with Crippen LogP contribution in [0.1, 0.15) is 27.2 Å². The zero-order chi connectivity index (χ0) is 18.4. The standard InChI is InChI=1S/C19H21IN2O2S/c1-5-6-11-19(2,3)22-16(23)18(25-4)24-17-14(20)12-13-9-7-8-10-15(13)21-17/h7-10,12,18H,5H2,1-4H3,(H,22,23). The van der Waals surface area contributed by atoms with E-state index in [-0.39, 0.29) is 5.91 Å². The lowest BCUT2D eigenvalue weighted by molar-refractivity contribution is -0.125. The molecule has 25 heavy (non-hydrogen) atoms. The van der Waals surface area contributed by atoms with Crippen molar-refractivity contribution in [1.29, 1.82) is 0 Å². The minimum Gasteiger partial charge on any atom is -0.452 e. The van der Waals surface area contributed by atoms with Gasteiger partial charge in [0.1, 0.15) is 0 Å². The molecule has 0 fully saturated rings. The van der Waals surface area contributed by atoms with Gasteiger partial charge < -0.3 is 10.1 Å². The minimum absolute atomic E-state index is 0.214. The first kappa shape index (κ1) is 19.9. The monoisotopic (exact) mass is 468 g/mol. The molecule has 0 aliphatic heterocycles. The normalized spacial score (nSPS) is 12.2. The van der Waals surface area contributed by atoms with Crippen molar-refractivity contribution in [3.63, 3.8) is 0 Å². The third kappa shape index (κ3) is 5.51. The molecule has 132 valence electrons. The summed E-state index contributed by atoms with van der Waals surface area (Å²) in [5.41, 5.74) is -0.453. The van der Waals surface area contributed by atoms with Gasteiger partial charge in [0.05, 0.1) is 14.6 Å². The number of thioether (sulfide) groups is 1. The number of nitrogens with one attached hydrogen (secondary N) is 1. The molecule has 1 unspecified atom stereocenters. The van der Waals surface area contributed by atoms with E-state index >= 15 is 0 Å². The van der Waals surface area contributed by atoms with Gasteiger partial charge >= 0.3 is 0 Å². The van der Waals surface area contributed by atoms with E-state index in [0.717, 1.165) is 20.9 Å². The van der Waals surface area contributed by atoms with E-state index < -0.39 is 11.0 Å². The summed E-state index contributed by atoms with van der Waals surface area (Å²) in [4.78, 5) is 17.1. The van der Waals surface area contributed by atoms with Crippen molar-refractivity contribution >= 4 is 51.2 Å². The number of carbonyl (C=O) groups is 1. The van der Waals surface area contributed by atoms with Crippen LogP contribution in [0.15, 0.2) is 30.3 Å². The number of pyridine rings is 1. The van der Waals surface area contributed by atoms with Crippen molar-refractivity contribution in [3.05, 3.63) is 33.9 Å². The lowest BCUT2D eigenvalue weighted by atomic mass is 10.1. The average Bonchev–Trinajstić information content (AvgIpc) is 2.57. The summed E-state index contributed by atoms with van der Waals surface area (Å²) in [5, 5.41) is 3.97. The third-order valence-corrected chi connectivity index (χ3v) is 4.82. The summed E-state index contributed by atoms with van der Waals surface area (Å²) < 4.78 is 6.77. The van der Waals surface area contributed by atoms with Crippen LogP contribution in [0.5, 0.6) is 5.88 Å². The molecule has 6 heteroatoms. The highest BCUT2D eigenvalue weighted by Gasteiger charge is 2.26. The highest BCUT2D eigenvalue weighted by molar-refractivity contribution is 14.1. The van der Waals surface area contributed by atoms with Crippen LogP contribution < -0.4 is 10.1 Å². The van der Waals surface area contributed by atoms with E-state index in [9.17, 15) is 4.79 Å². The number of hydrogen-bond acceptors (Lipinski definition) is 4. The Morgan fingerprint density at radius 1 is 1.44 bits per heavy atom. The van der Waals surface area contributed by atoms with Crippen LogP contribution in [-0.4, -0.2) is 28.1 Å². The fourth-order valence-corrected chi connectivity index (χ4v) is 3.22. The average molecular weight is 468 g/mol. The van der Waals surface area contributed by atoms with Gasteiger partial charge in [0, 0.05) is 11.8 Å². The van der Waals surface area contributed by atoms with Gasteiger partial charge in [0.2, 0.25) is 11.3 Å². The highest BCUT2D eigenvalue weighted by Crippen LogP contribution is 2.26. The molecule has 1 N–H and O–H groups in total. The number of hydrogen-bond donors (Lipinski definition) is 1. The van der Waals surface area contributed by atoms with Crippen molar-refractivity contribution in [3.8, 4) is 17.7 Å². The first-order valence-corrected chi connectivity index (χ1v) is 10.3. The van der Waals surface area contributed by atoms with E-state index in [1.54, 1.807) is 0 Å². The van der Waals surface area contributed by atoms with E-state index in [4.69, 9.17) is 4.74 Å². The second-order valence-electron chi connectivity index (χ2n) is 5.92. The molecule has 1 aromatic heterocycles. The first-order valence-electron chi connectivity index (χ1n) is 7.93. The second-order valence-corrected chi connectivity index (χ2v) is 7.98. The van der Waals surface area contributed by atoms with Crippen LogP contribution in [0, 0.1) is 15.4 Å². The number of nitrogens with zero attached hydrogens (tertiary/aromatic N) is 1. The molecule has 0 saturated heterocycles. The lowest BCUT2D eigenvalue weighted by Crippen LogP contribution is -2.47. The van der Waals surface area contributed by atoms with Crippen LogP contribution in [0.2, 0.25) is 0 Å². The molecule has 2 aromatic rings. The Morgan fingerprint density at radius 2 is 2.16 bits per heavy atom. The summed E-state index contributed by atoms with van der Waals surface area (Å²) in [6, 6.07) is 9.83. The Hall–Kier alpha value is -1.46. The molecule has 0 aliphatic carbocycles. The van der Waals surface area contributed by atoms with E-state index in [1.807, 2.05) is 57.4 Å². The zero-order valence-corrected chi connectivity index (χ0v) is 17.7. The Labute approximate surface area is 166 Å². The van der Waals surface area contributed by atoms with E-state index in [1.165, 1.54) is 11.8 Å². The molecular weight excluding hydrogens is 447 g/mol. The number of rotatable bonds is 5. The zero-order valence-electron chi connectivity index (χ0n) is 14.7. The SMILES string of the molecule is CCC#CC(C)(C)NC(=O)C(Oc1nc2ccccc2cc1I)SC. The number of fused-ring (bicyclic) bond motifs is 1.